The zero-order valence-corrected chi connectivity index (χ0v) is 12.1. The Morgan fingerprint density at radius 2 is 2.38 bits per heavy atom. The van der Waals surface area contributed by atoms with E-state index in [1.54, 1.807) is 12.3 Å². The number of amides is 1. The summed E-state index contributed by atoms with van der Waals surface area (Å²) in [5.41, 5.74) is 0. The molecule has 0 saturated heterocycles. The summed E-state index contributed by atoms with van der Waals surface area (Å²) in [6.07, 6.45) is 1.57. The Morgan fingerprint density at radius 3 is 3.10 bits per heavy atom. The average Bonchev–Trinajstić information content (AvgIpc) is 3.21. The molecule has 1 N–H and O–H groups in total. The minimum atomic E-state index is -0.201. The van der Waals surface area contributed by atoms with E-state index in [4.69, 9.17) is 4.42 Å². The quantitative estimate of drug-likeness (QED) is 0.777. The molecule has 1 amide bonds. The summed E-state index contributed by atoms with van der Waals surface area (Å²) in [6.45, 7) is 1.87. The van der Waals surface area contributed by atoms with E-state index in [1.165, 1.54) is 16.1 Å². The summed E-state index contributed by atoms with van der Waals surface area (Å²) in [7, 11) is 0. The van der Waals surface area contributed by atoms with Gasteiger partial charge >= 0.3 is 0 Å². The monoisotopic (exact) mass is 303 g/mol. The predicted molar refractivity (Wildman–Crippen MR) is 76.4 cm³/mol. The van der Waals surface area contributed by atoms with Crippen molar-refractivity contribution < 1.29 is 9.21 Å². The van der Waals surface area contributed by atoms with E-state index in [9.17, 15) is 4.79 Å². The molecule has 0 spiro atoms. The minimum Gasteiger partial charge on any atom is -0.467 e. The summed E-state index contributed by atoms with van der Waals surface area (Å²) in [5.74, 6) is 1.03. The van der Waals surface area contributed by atoms with Gasteiger partial charge in [0.1, 0.15) is 12.3 Å². The fourth-order valence-electron chi connectivity index (χ4n) is 1.84. The van der Waals surface area contributed by atoms with Gasteiger partial charge in [-0.25, -0.2) is 0 Å². The van der Waals surface area contributed by atoms with Crippen molar-refractivity contribution in [3.8, 4) is 10.7 Å². The van der Waals surface area contributed by atoms with Crippen LogP contribution in [-0.4, -0.2) is 26.1 Å². The summed E-state index contributed by atoms with van der Waals surface area (Å²) in [5, 5.41) is 16.8. The number of furan rings is 1. The SMILES string of the molecule is C[C@@H](NC(=O)Cn1nnc(-c2cccs2)n1)c1ccco1. The molecule has 0 saturated carbocycles. The fraction of sp³-hybridized carbons (Fsp3) is 0.231. The molecule has 0 fully saturated rings. The lowest BCUT2D eigenvalue weighted by Gasteiger charge is -2.10. The Balaban J connectivity index is 1.60. The molecule has 108 valence electrons. The number of aromatic nitrogens is 4. The largest absolute Gasteiger partial charge is 0.467 e. The van der Waals surface area contributed by atoms with E-state index in [0.717, 1.165) is 4.88 Å². The van der Waals surface area contributed by atoms with Crippen molar-refractivity contribution in [2.24, 2.45) is 0 Å². The Bertz CT molecular complexity index is 705. The molecular formula is C13H13N5O2S. The second-order valence-electron chi connectivity index (χ2n) is 4.43. The highest BCUT2D eigenvalue weighted by molar-refractivity contribution is 7.13. The molecule has 8 heteroatoms. The van der Waals surface area contributed by atoms with Gasteiger partial charge in [-0.1, -0.05) is 6.07 Å². The number of hydrogen-bond donors (Lipinski definition) is 1. The highest BCUT2D eigenvalue weighted by Crippen LogP contribution is 2.19. The van der Waals surface area contributed by atoms with E-state index in [2.05, 4.69) is 20.7 Å². The van der Waals surface area contributed by atoms with E-state index >= 15 is 0 Å². The third-order valence-electron chi connectivity index (χ3n) is 2.83. The van der Waals surface area contributed by atoms with Crippen LogP contribution in [0.25, 0.3) is 10.7 Å². The molecule has 3 aromatic rings. The molecule has 0 aliphatic carbocycles. The van der Waals surface area contributed by atoms with Gasteiger partial charge in [0.2, 0.25) is 11.7 Å². The summed E-state index contributed by atoms with van der Waals surface area (Å²) < 4.78 is 5.24. The van der Waals surface area contributed by atoms with Crippen LogP contribution in [0.5, 0.6) is 0 Å². The molecule has 3 heterocycles. The second-order valence-corrected chi connectivity index (χ2v) is 5.37. The van der Waals surface area contributed by atoms with Crippen molar-refractivity contribution in [2.75, 3.05) is 0 Å². The Kier molecular flexibility index (Phi) is 3.78. The molecule has 0 aliphatic rings. The highest BCUT2D eigenvalue weighted by atomic mass is 32.1. The van der Waals surface area contributed by atoms with Crippen LogP contribution in [0.2, 0.25) is 0 Å². The molecule has 1 atom stereocenters. The zero-order chi connectivity index (χ0) is 14.7. The lowest BCUT2D eigenvalue weighted by molar-refractivity contribution is -0.122. The number of rotatable bonds is 5. The number of nitrogens with one attached hydrogen (secondary N) is 1. The van der Waals surface area contributed by atoms with Crippen molar-refractivity contribution >= 4 is 17.2 Å². The highest BCUT2D eigenvalue weighted by Gasteiger charge is 2.14. The van der Waals surface area contributed by atoms with Crippen LogP contribution >= 0.6 is 11.3 Å². The van der Waals surface area contributed by atoms with Crippen LogP contribution in [0.3, 0.4) is 0 Å². The van der Waals surface area contributed by atoms with Gasteiger partial charge < -0.3 is 9.73 Å². The second kappa shape index (κ2) is 5.88. The first-order chi connectivity index (χ1) is 10.2. The molecule has 7 nitrogen and oxygen atoms in total. The number of thiophene rings is 1. The molecule has 21 heavy (non-hydrogen) atoms. The number of carbonyl (C=O) groups is 1. The Labute approximate surface area is 124 Å². The number of hydrogen-bond acceptors (Lipinski definition) is 6. The van der Waals surface area contributed by atoms with Gasteiger partial charge in [-0.3, -0.25) is 4.79 Å². The lowest BCUT2D eigenvalue weighted by atomic mass is 10.2. The Hall–Kier alpha value is -2.48. The van der Waals surface area contributed by atoms with Crippen molar-refractivity contribution in [2.45, 2.75) is 19.5 Å². The van der Waals surface area contributed by atoms with Crippen LogP contribution in [0, 0.1) is 0 Å². The van der Waals surface area contributed by atoms with Gasteiger partial charge in [0, 0.05) is 0 Å². The third-order valence-corrected chi connectivity index (χ3v) is 3.69. The maximum Gasteiger partial charge on any atom is 0.244 e. The van der Waals surface area contributed by atoms with Crippen LogP contribution < -0.4 is 5.32 Å². The maximum absolute atomic E-state index is 11.9. The first-order valence-corrected chi connectivity index (χ1v) is 7.25. The van der Waals surface area contributed by atoms with Gasteiger partial charge in [0.25, 0.3) is 0 Å². The first kappa shape index (κ1) is 13.5. The normalized spacial score (nSPS) is 12.2. The van der Waals surface area contributed by atoms with Gasteiger partial charge in [0.15, 0.2) is 0 Å². The molecule has 0 aromatic carbocycles. The predicted octanol–water partition coefficient (Wildman–Crippen LogP) is 1.87. The minimum absolute atomic E-state index is 0.0173. The molecule has 0 radical (unpaired) electrons. The molecule has 3 aromatic heterocycles. The van der Waals surface area contributed by atoms with Crippen molar-refractivity contribution in [3.63, 3.8) is 0 Å². The fourth-order valence-corrected chi connectivity index (χ4v) is 2.49. The molecular weight excluding hydrogens is 290 g/mol. The lowest BCUT2D eigenvalue weighted by Crippen LogP contribution is -2.30. The third kappa shape index (κ3) is 3.16. The van der Waals surface area contributed by atoms with Crippen molar-refractivity contribution in [1.82, 2.24) is 25.5 Å². The van der Waals surface area contributed by atoms with E-state index < -0.39 is 0 Å². The number of nitrogens with zero attached hydrogens (tertiary/aromatic N) is 4. The van der Waals surface area contributed by atoms with Gasteiger partial charge in [-0.05, 0) is 35.7 Å². The Morgan fingerprint density at radius 1 is 1.48 bits per heavy atom. The summed E-state index contributed by atoms with van der Waals surface area (Å²) in [4.78, 5) is 14.1. The summed E-state index contributed by atoms with van der Waals surface area (Å²) >= 11 is 1.53. The van der Waals surface area contributed by atoms with E-state index in [-0.39, 0.29) is 18.5 Å². The van der Waals surface area contributed by atoms with Crippen LogP contribution in [0.15, 0.2) is 40.3 Å². The zero-order valence-electron chi connectivity index (χ0n) is 11.3. The topological polar surface area (TPSA) is 85.8 Å². The maximum atomic E-state index is 11.9. The van der Waals surface area contributed by atoms with Gasteiger partial charge in [-0.15, -0.1) is 21.5 Å². The van der Waals surface area contributed by atoms with Gasteiger partial charge in [-0.2, -0.15) is 4.80 Å². The van der Waals surface area contributed by atoms with Crippen molar-refractivity contribution in [3.05, 3.63) is 41.7 Å². The van der Waals surface area contributed by atoms with Crippen molar-refractivity contribution in [1.29, 1.82) is 0 Å². The van der Waals surface area contributed by atoms with Gasteiger partial charge in [0.05, 0.1) is 17.2 Å². The van der Waals surface area contributed by atoms with Crippen LogP contribution in [0.4, 0.5) is 0 Å². The molecule has 3 rings (SSSR count). The van der Waals surface area contributed by atoms with Crippen LogP contribution in [-0.2, 0) is 11.3 Å². The van der Waals surface area contributed by atoms with E-state index in [1.807, 2.05) is 30.5 Å². The molecule has 0 bridgehead atoms. The molecule has 0 unspecified atom stereocenters. The number of tetrazole rings is 1. The van der Waals surface area contributed by atoms with Crippen LogP contribution in [0.1, 0.15) is 18.7 Å². The molecule has 0 aliphatic heterocycles. The first-order valence-electron chi connectivity index (χ1n) is 6.37. The smallest absolute Gasteiger partial charge is 0.244 e. The number of carbonyl (C=O) groups excluding carboxylic acids is 1. The standard InChI is InChI=1S/C13H13N5O2S/c1-9(10-4-2-6-20-10)14-12(19)8-18-16-13(15-17-18)11-5-3-7-21-11/h2-7,9H,8H2,1H3,(H,14,19)/t9-/m1/s1. The average molecular weight is 303 g/mol. The summed E-state index contributed by atoms with van der Waals surface area (Å²) in [6, 6.07) is 7.22. The van der Waals surface area contributed by atoms with E-state index in [0.29, 0.717) is 11.6 Å².